The molecule has 38 heavy (non-hydrogen) atoms. The molecule has 0 aliphatic heterocycles. The minimum absolute atomic E-state index is 0.575. The van der Waals surface area contributed by atoms with Crippen LogP contribution in [0, 0.1) is 12.3 Å². The fourth-order valence-electron chi connectivity index (χ4n) is 3.45. The number of allylic oxidation sites excluding steroid dienone is 4. The van der Waals surface area contributed by atoms with Gasteiger partial charge in [-0.05, 0) is 71.1 Å². The average molecular weight is 582 g/mol. The lowest BCUT2D eigenvalue weighted by Gasteiger charge is -2.38. The van der Waals surface area contributed by atoms with Crippen LogP contribution >= 0.6 is 39.7 Å². The van der Waals surface area contributed by atoms with Crippen molar-refractivity contribution in [3.63, 3.8) is 0 Å². The van der Waals surface area contributed by atoms with E-state index in [9.17, 15) is 0 Å². The third kappa shape index (κ3) is 14.0. The Balaban J connectivity index is 0.00000132. The Morgan fingerprint density at radius 2 is 1.61 bits per heavy atom. The van der Waals surface area contributed by atoms with Crippen LogP contribution < -0.4 is 10.6 Å². The van der Waals surface area contributed by atoms with Gasteiger partial charge in [-0.25, -0.2) is 4.44 Å². The van der Waals surface area contributed by atoms with E-state index in [2.05, 4.69) is 127 Å². The van der Waals surface area contributed by atoms with Crippen LogP contribution in [0.2, 0.25) is 0 Å². The minimum Gasteiger partial charge on any atom is -0.245 e. The molecule has 0 fully saturated rings. The van der Waals surface area contributed by atoms with Gasteiger partial charge in [0, 0.05) is 29.1 Å². The number of thioether (sulfide) groups is 2. The van der Waals surface area contributed by atoms with Crippen molar-refractivity contribution in [1.29, 1.82) is 0 Å². The predicted molar refractivity (Wildman–Crippen MR) is 184 cm³/mol. The molecule has 0 bridgehead atoms. The number of terminal acetylenes is 1. The van der Waals surface area contributed by atoms with Gasteiger partial charge in [0.1, 0.15) is 0 Å². The first-order valence-electron chi connectivity index (χ1n) is 13.2. The summed E-state index contributed by atoms with van der Waals surface area (Å²) in [5, 5.41) is 6.43. The van der Waals surface area contributed by atoms with Crippen LogP contribution in [0.1, 0.15) is 45.4 Å². The van der Waals surface area contributed by atoms with Gasteiger partial charge in [0.05, 0.1) is 0 Å². The third-order valence-corrected chi connectivity index (χ3v) is 11.8. The van der Waals surface area contributed by atoms with E-state index >= 15 is 0 Å². The molecule has 2 aromatic rings. The van der Waals surface area contributed by atoms with Gasteiger partial charge in [0.25, 0.3) is 0 Å². The molecule has 0 saturated heterocycles. The van der Waals surface area contributed by atoms with Crippen LogP contribution in [0.15, 0.2) is 109 Å². The molecular weight excluding hydrogens is 536 g/mol. The van der Waals surface area contributed by atoms with E-state index < -0.39 is 16.1 Å². The highest BCUT2D eigenvalue weighted by Crippen LogP contribution is 2.61. The van der Waals surface area contributed by atoms with Crippen LogP contribution in [0.25, 0.3) is 0 Å². The lowest BCUT2D eigenvalue weighted by atomic mass is 10.3. The summed E-state index contributed by atoms with van der Waals surface area (Å²) in [5.74, 6) is 6.04. The van der Waals surface area contributed by atoms with Crippen molar-refractivity contribution in [1.82, 2.24) is 4.44 Å². The van der Waals surface area contributed by atoms with Crippen molar-refractivity contribution in [3.8, 4) is 12.3 Å². The first-order chi connectivity index (χ1) is 18.6. The Kier molecular flexibility index (Phi) is 21.2. The van der Waals surface area contributed by atoms with Gasteiger partial charge in [-0.2, -0.15) is 11.8 Å². The number of nitrogens with zero attached hydrogens (tertiary/aromatic N) is 1. The molecule has 0 N–H and O–H groups in total. The largest absolute Gasteiger partial charge is 0.245 e. The van der Waals surface area contributed by atoms with Crippen LogP contribution in [-0.4, -0.2) is 29.3 Å². The molecule has 0 amide bonds. The van der Waals surface area contributed by atoms with E-state index in [1.54, 1.807) is 17.8 Å². The molecule has 0 heterocycles. The summed E-state index contributed by atoms with van der Waals surface area (Å²) in [5.41, 5.74) is 0. The van der Waals surface area contributed by atoms with Crippen LogP contribution in [0.4, 0.5) is 0 Å². The topological polar surface area (TPSA) is 3.24 Å². The maximum Gasteiger partial charge on any atom is 0.0322 e. The van der Waals surface area contributed by atoms with Crippen molar-refractivity contribution >= 4 is 50.3 Å². The van der Waals surface area contributed by atoms with E-state index in [0.717, 1.165) is 31.6 Å². The molecule has 0 aliphatic rings. The SMILES string of the molecule is C#CCC=C.C=C(CCSC)P(/C=C/CC/C=C/SC)N(CCCC)P(c1ccccc1)c1ccccc1. The van der Waals surface area contributed by atoms with Gasteiger partial charge in [0.2, 0.25) is 0 Å². The maximum atomic E-state index is 4.82. The number of benzene rings is 2. The number of rotatable bonds is 17. The van der Waals surface area contributed by atoms with Crippen LogP contribution in [-0.2, 0) is 0 Å². The second-order valence-electron chi connectivity index (χ2n) is 8.35. The molecule has 1 atom stereocenters. The van der Waals surface area contributed by atoms with E-state index in [-0.39, 0.29) is 0 Å². The first-order valence-corrected chi connectivity index (χ1v) is 18.5. The second kappa shape index (κ2) is 23.4. The Hall–Kier alpha value is -1.52. The van der Waals surface area contributed by atoms with Gasteiger partial charge in [-0.3, -0.25) is 0 Å². The monoisotopic (exact) mass is 581 g/mol. The normalized spacial score (nSPS) is 11.9. The summed E-state index contributed by atoms with van der Waals surface area (Å²) < 4.78 is 2.82. The summed E-state index contributed by atoms with van der Waals surface area (Å²) in [6, 6.07) is 22.2. The Morgan fingerprint density at radius 1 is 1.00 bits per heavy atom. The van der Waals surface area contributed by atoms with E-state index in [1.165, 1.54) is 28.8 Å². The predicted octanol–water partition coefficient (Wildman–Crippen LogP) is 10.2. The molecule has 2 rings (SSSR count). The highest BCUT2D eigenvalue weighted by atomic mass is 32.2. The van der Waals surface area contributed by atoms with Gasteiger partial charge in [-0.15, -0.1) is 30.7 Å². The Bertz CT molecular complexity index is 944. The van der Waals surface area contributed by atoms with E-state index in [0.29, 0.717) is 6.42 Å². The van der Waals surface area contributed by atoms with Crippen molar-refractivity contribution in [2.75, 3.05) is 24.8 Å². The summed E-state index contributed by atoms with van der Waals surface area (Å²) >= 11 is 3.69. The third-order valence-electron chi connectivity index (χ3n) is 5.35. The number of hydrogen-bond acceptors (Lipinski definition) is 3. The van der Waals surface area contributed by atoms with Crippen molar-refractivity contribution < 1.29 is 0 Å². The van der Waals surface area contributed by atoms with Crippen molar-refractivity contribution in [2.24, 2.45) is 0 Å². The van der Waals surface area contributed by atoms with Crippen LogP contribution in [0.3, 0.4) is 0 Å². The Labute approximate surface area is 245 Å². The summed E-state index contributed by atoms with van der Waals surface area (Å²) in [7, 11) is -1.19. The van der Waals surface area contributed by atoms with Crippen molar-refractivity contribution in [2.45, 2.75) is 45.4 Å². The average Bonchev–Trinajstić information content (AvgIpc) is 2.95. The molecule has 0 spiro atoms. The highest BCUT2D eigenvalue weighted by Gasteiger charge is 2.28. The van der Waals surface area contributed by atoms with Gasteiger partial charge in [-0.1, -0.05) is 98.8 Å². The molecule has 1 unspecified atom stereocenters. The zero-order valence-electron chi connectivity index (χ0n) is 23.5. The molecule has 1 nitrogen and oxygen atoms in total. The van der Waals surface area contributed by atoms with Crippen LogP contribution in [0.5, 0.6) is 0 Å². The molecule has 204 valence electrons. The fraction of sp³-hybridized carbons (Fsp3) is 0.333. The molecule has 5 heteroatoms. The number of unbranched alkanes of at least 4 members (excludes halogenated alkanes) is 2. The standard InChI is InChI=1S/C28H39NP2S2.C5H6/c1-5-6-22-29(30(26(2)21-25-33-4)23-15-7-8-16-24-32-3)31(27-17-11-9-12-18-27)28-19-13-10-14-20-28;1-3-5-4-2/h9-20,23-24H,2,5-8,21-22,25H2,1,3-4H3;1,4H,2,5H2/b23-15+,24-16+;. The second-order valence-corrected chi connectivity index (χ2v) is 14.6. The smallest absolute Gasteiger partial charge is 0.0322 e. The maximum absolute atomic E-state index is 4.82. The summed E-state index contributed by atoms with van der Waals surface area (Å²) in [6.07, 6.45) is 21.8. The lowest BCUT2D eigenvalue weighted by molar-refractivity contribution is 0.644. The highest BCUT2D eigenvalue weighted by molar-refractivity contribution is 8.01. The number of hydrogen-bond donors (Lipinski definition) is 0. The summed E-state index contributed by atoms with van der Waals surface area (Å²) in [4.78, 5) is 0. The van der Waals surface area contributed by atoms with E-state index in [4.69, 9.17) is 6.42 Å². The molecule has 0 aromatic heterocycles. The van der Waals surface area contributed by atoms with Crippen molar-refractivity contribution in [3.05, 3.63) is 109 Å². The minimum atomic E-state index is -0.617. The Morgan fingerprint density at radius 3 is 2.08 bits per heavy atom. The van der Waals surface area contributed by atoms with Gasteiger partial charge in [0.15, 0.2) is 0 Å². The quantitative estimate of drug-likeness (QED) is 0.0792. The molecule has 0 aliphatic carbocycles. The molecule has 2 aromatic carbocycles. The van der Waals surface area contributed by atoms with E-state index in [1.807, 2.05) is 11.8 Å². The molecule has 0 saturated carbocycles. The molecular formula is C33H45NP2S2. The first kappa shape index (κ1) is 34.5. The van der Waals surface area contributed by atoms with Gasteiger partial charge >= 0.3 is 0 Å². The zero-order valence-corrected chi connectivity index (χ0v) is 26.9. The zero-order chi connectivity index (χ0) is 27.8. The molecule has 0 radical (unpaired) electrons. The summed E-state index contributed by atoms with van der Waals surface area (Å²) in [6.45, 7) is 11.4. The lowest BCUT2D eigenvalue weighted by Crippen LogP contribution is -2.26. The van der Waals surface area contributed by atoms with Gasteiger partial charge < -0.3 is 0 Å². The fourth-order valence-corrected chi connectivity index (χ4v) is 10.2.